The van der Waals surface area contributed by atoms with Gasteiger partial charge >= 0.3 is 0 Å². The van der Waals surface area contributed by atoms with Crippen molar-refractivity contribution < 1.29 is 4.74 Å². The molecule has 2 aromatic heterocycles. The fraction of sp³-hybridized carbons (Fsp3) is 0. The number of hydrogen-bond donors (Lipinski definition) is 1. The van der Waals surface area contributed by atoms with Crippen molar-refractivity contribution in [2.24, 2.45) is 0 Å². The van der Waals surface area contributed by atoms with E-state index >= 15 is 0 Å². The molecule has 70 valence electrons. The molecule has 0 fully saturated rings. The van der Waals surface area contributed by atoms with Crippen molar-refractivity contribution in [2.75, 3.05) is 5.73 Å². The van der Waals surface area contributed by atoms with E-state index in [9.17, 15) is 0 Å². The summed E-state index contributed by atoms with van der Waals surface area (Å²) in [6.07, 6.45) is 4.91. The first kappa shape index (κ1) is 8.50. The van der Waals surface area contributed by atoms with Gasteiger partial charge in [-0.2, -0.15) is 0 Å². The van der Waals surface area contributed by atoms with Gasteiger partial charge < -0.3 is 10.5 Å². The summed E-state index contributed by atoms with van der Waals surface area (Å²) in [6.45, 7) is 0. The van der Waals surface area contributed by atoms with Crippen molar-refractivity contribution in [1.29, 1.82) is 0 Å². The number of pyridine rings is 2. The van der Waals surface area contributed by atoms with Crippen molar-refractivity contribution >= 4 is 5.69 Å². The van der Waals surface area contributed by atoms with E-state index in [0.717, 1.165) is 0 Å². The molecule has 2 aromatic rings. The molecule has 0 radical (unpaired) electrons. The van der Waals surface area contributed by atoms with Crippen LogP contribution in [0.3, 0.4) is 0 Å². The maximum atomic E-state index is 5.66. The molecule has 0 aliphatic heterocycles. The third-order valence-electron chi connectivity index (χ3n) is 1.65. The summed E-state index contributed by atoms with van der Waals surface area (Å²) in [6, 6.07) is 7.07. The Morgan fingerprint density at radius 3 is 2.71 bits per heavy atom. The minimum absolute atomic E-state index is 0.403. The Hall–Kier alpha value is -2.10. The van der Waals surface area contributed by atoms with Gasteiger partial charge in [-0.3, -0.25) is 4.98 Å². The lowest BCUT2D eigenvalue weighted by Gasteiger charge is -2.05. The number of rotatable bonds is 2. The normalized spacial score (nSPS) is 9.71. The maximum Gasteiger partial charge on any atom is 0.242 e. The Labute approximate surface area is 81.4 Å². The highest BCUT2D eigenvalue weighted by Gasteiger charge is 2.01. The second-order valence-corrected chi connectivity index (χ2v) is 2.69. The molecule has 0 saturated carbocycles. The van der Waals surface area contributed by atoms with Gasteiger partial charge in [-0.1, -0.05) is 0 Å². The molecule has 0 aliphatic carbocycles. The number of nitrogen functional groups attached to an aromatic ring is 1. The minimum atomic E-state index is 0.403. The summed E-state index contributed by atoms with van der Waals surface area (Å²) in [7, 11) is 0. The Kier molecular flexibility index (Phi) is 2.27. The lowest BCUT2D eigenvalue weighted by Crippen LogP contribution is -1.94. The molecule has 0 aromatic carbocycles. The smallest absolute Gasteiger partial charge is 0.242 e. The van der Waals surface area contributed by atoms with Crippen LogP contribution in [0.2, 0.25) is 0 Å². The molecule has 0 saturated heterocycles. The number of aromatic nitrogens is 2. The fourth-order valence-corrected chi connectivity index (χ4v) is 1.01. The van der Waals surface area contributed by atoms with Crippen molar-refractivity contribution in [2.45, 2.75) is 0 Å². The van der Waals surface area contributed by atoms with E-state index in [1.54, 1.807) is 42.9 Å². The molecule has 2 rings (SSSR count). The van der Waals surface area contributed by atoms with Crippen molar-refractivity contribution in [1.82, 2.24) is 9.97 Å². The molecule has 0 unspecified atom stereocenters. The van der Waals surface area contributed by atoms with Crippen molar-refractivity contribution in [3.8, 4) is 11.6 Å². The van der Waals surface area contributed by atoms with Gasteiger partial charge in [0.15, 0.2) is 0 Å². The molecule has 14 heavy (non-hydrogen) atoms. The lowest BCUT2D eigenvalue weighted by molar-refractivity contribution is 0.463. The van der Waals surface area contributed by atoms with Crippen LogP contribution in [0, 0.1) is 0 Å². The highest BCUT2D eigenvalue weighted by molar-refractivity contribution is 5.48. The summed E-state index contributed by atoms with van der Waals surface area (Å²) in [5.74, 6) is 1.03. The van der Waals surface area contributed by atoms with E-state index < -0.39 is 0 Å². The summed E-state index contributed by atoms with van der Waals surface area (Å²) in [4.78, 5) is 7.92. The number of ether oxygens (including phenoxy) is 1. The van der Waals surface area contributed by atoms with Gasteiger partial charge in [0.2, 0.25) is 5.88 Å². The number of anilines is 1. The third-order valence-corrected chi connectivity index (χ3v) is 1.65. The molecule has 0 bridgehead atoms. The van der Waals surface area contributed by atoms with Crippen LogP contribution in [0.4, 0.5) is 5.69 Å². The summed E-state index contributed by atoms with van der Waals surface area (Å²) >= 11 is 0. The van der Waals surface area contributed by atoms with Crippen LogP contribution in [-0.4, -0.2) is 9.97 Å². The number of nitrogens with zero attached hydrogens (tertiary/aromatic N) is 2. The van der Waals surface area contributed by atoms with Crippen LogP contribution in [0.5, 0.6) is 11.6 Å². The van der Waals surface area contributed by atoms with Gasteiger partial charge in [-0.15, -0.1) is 0 Å². The average molecular weight is 187 g/mol. The zero-order valence-electron chi connectivity index (χ0n) is 7.42. The van der Waals surface area contributed by atoms with Crippen LogP contribution in [0.15, 0.2) is 42.9 Å². The molecule has 0 aliphatic rings. The second-order valence-electron chi connectivity index (χ2n) is 2.69. The maximum absolute atomic E-state index is 5.66. The monoisotopic (exact) mass is 187 g/mol. The molecule has 0 amide bonds. The first-order chi connectivity index (χ1) is 6.86. The van der Waals surface area contributed by atoms with E-state index in [2.05, 4.69) is 9.97 Å². The van der Waals surface area contributed by atoms with Gasteiger partial charge in [0.1, 0.15) is 5.75 Å². The molecule has 4 nitrogen and oxygen atoms in total. The zero-order chi connectivity index (χ0) is 9.80. The van der Waals surface area contributed by atoms with E-state index in [1.807, 2.05) is 0 Å². The van der Waals surface area contributed by atoms with Crippen LogP contribution in [-0.2, 0) is 0 Å². The standard InChI is InChI=1S/C10H9N3O/c11-9-4-2-6-13-10(9)14-8-3-1-5-12-7-8/h1-7H,11H2. The van der Waals surface area contributed by atoms with Gasteiger partial charge in [0.25, 0.3) is 0 Å². The van der Waals surface area contributed by atoms with Crippen LogP contribution < -0.4 is 10.5 Å². The average Bonchev–Trinajstić information content (AvgIpc) is 2.23. The second kappa shape index (κ2) is 3.74. The van der Waals surface area contributed by atoms with Crippen LogP contribution in [0.25, 0.3) is 0 Å². The molecule has 2 N–H and O–H groups in total. The predicted octanol–water partition coefficient (Wildman–Crippen LogP) is 1.85. The molecular weight excluding hydrogens is 178 g/mol. The van der Waals surface area contributed by atoms with Gasteiger partial charge in [0, 0.05) is 12.4 Å². The van der Waals surface area contributed by atoms with E-state index in [1.165, 1.54) is 0 Å². The van der Waals surface area contributed by atoms with Crippen molar-refractivity contribution in [3.63, 3.8) is 0 Å². The highest BCUT2D eigenvalue weighted by atomic mass is 16.5. The van der Waals surface area contributed by atoms with Gasteiger partial charge in [-0.25, -0.2) is 4.98 Å². The van der Waals surface area contributed by atoms with Crippen molar-refractivity contribution in [3.05, 3.63) is 42.9 Å². The Balaban J connectivity index is 2.24. The van der Waals surface area contributed by atoms with E-state index in [-0.39, 0.29) is 0 Å². The fourth-order valence-electron chi connectivity index (χ4n) is 1.01. The van der Waals surface area contributed by atoms with Crippen LogP contribution >= 0.6 is 0 Å². The minimum Gasteiger partial charge on any atom is -0.435 e. The third kappa shape index (κ3) is 1.80. The summed E-state index contributed by atoms with van der Waals surface area (Å²) in [5.41, 5.74) is 6.17. The Morgan fingerprint density at radius 2 is 2.00 bits per heavy atom. The first-order valence-corrected chi connectivity index (χ1v) is 4.14. The first-order valence-electron chi connectivity index (χ1n) is 4.14. The topological polar surface area (TPSA) is 61.0 Å². The predicted molar refractivity (Wildman–Crippen MR) is 53.0 cm³/mol. The van der Waals surface area contributed by atoms with Gasteiger partial charge in [0.05, 0.1) is 11.9 Å². The molecule has 4 heteroatoms. The number of hydrogen-bond acceptors (Lipinski definition) is 4. The summed E-state index contributed by atoms with van der Waals surface area (Å²) < 4.78 is 5.41. The summed E-state index contributed by atoms with van der Waals surface area (Å²) in [5, 5.41) is 0. The number of nitrogens with two attached hydrogens (primary N) is 1. The highest BCUT2D eigenvalue weighted by Crippen LogP contribution is 2.22. The molecular formula is C10H9N3O. The molecule has 0 spiro atoms. The van der Waals surface area contributed by atoms with Gasteiger partial charge in [-0.05, 0) is 24.3 Å². The lowest BCUT2D eigenvalue weighted by atomic mass is 10.4. The molecule has 0 atom stereocenters. The SMILES string of the molecule is Nc1cccnc1Oc1cccnc1. The Bertz CT molecular complexity index is 417. The van der Waals surface area contributed by atoms with E-state index in [0.29, 0.717) is 17.3 Å². The van der Waals surface area contributed by atoms with E-state index in [4.69, 9.17) is 10.5 Å². The Morgan fingerprint density at radius 1 is 1.14 bits per heavy atom. The zero-order valence-corrected chi connectivity index (χ0v) is 7.42. The molecule has 2 heterocycles. The van der Waals surface area contributed by atoms with Crippen LogP contribution in [0.1, 0.15) is 0 Å². The quantitative estimate of drug-likeness (QED) is 0.779. The largest absolute Gasteiger partial charge is 0.435 e.